The first-order valence-electron chi connectivity index (χ1n) is 9.97. The van der Waals surface area contributed by atoms with E-state index in [1.807, 2.05) is 44.2 Å². The highest BCUT2D eigenvalue weighted by atomic mass is 32.2. The lowest BCUT2D eigenvalue weighted by atomic mass is 10.0. The highest BCUT2D eigenvalue weighted by Gasteiger charge is 2.34. The van der Waals surface area contributed by atoms with Crippen LogP contribution in [0, 0.1) is 0 Å². The number of nitrogens with zero attached hydrogens (tertiary/aromatic N) is 4. The summed E-state index contributed by atoms with van der Waals surface area (Å²) in [6, 6.07) is 12.6. The minimum absolute atomic E-state index is 0.0262. The molecule has 1 saturated heterocycles. The number of carbonyl (C=O) groups excluding carboxylic acids is 1. The molecule has 0 radical (unpaired) electrons. The lowest BCUT2D eigenvalue weighted by molar-refractivity contribution is -0.138. The molecular weight excluding hydrogens is 388 g/mol. The first kappa shape index (κ1) is 21.4. The molecule has 0 spiro atoms. The van der Waals surface area contributed by atoms with Crippen LogP contribution in [0.4, 0.5) is 0 Å². The number of amides is 1. The topological polar surface area (TPSA) is 73.8 Å². The van der Waals surface area contributed by atoms with Crippen molar-refractivity contribution in [3.8, 4) is 0 Å². The molecule has 29 heavy (non-hydrogen) atoms. The summed E-state index contributed by atoms with van der Waals surface area (Å²) in [7, 11) is -3.59. The van der Waals surface area contributed by atoms with Gasteiger partial charge in [0.15, 0.2) is 0 Å². The van der Waals surface area contributed by atoms with E-state index in [1.165, 1.54) is 10.5 Å². The van der Waals surface area contributed by atoms with Crippen LogP contribution in [0.2, 0.25) is 0 Å². The average Bonchev–Trinajstić information content (AvgIpc) is 2.78. The maximum atomic E-state index is 13.4. The Morgan fingerprint density at radius 2 is 1.69 bits per heavy atom. The van der Waals surface area contributed by atoms with Crippen LogP contribution in [0.5, 0.6) is 0 Å². The number of hydrogen-bond donors (Lipinski definition) is 0. The predicted molar refractivity (Wildman–Crippen MR) is 112 cm³/mol. The van der Waals surface area contributed by atoms with Crippen LogP contribution in [-0.2, 0) is 14.8 Å². The van der Waals surface area contributed by atoms with Crippen molar-refractivity contribution in [3.05, 3.63) is 60.4 Å². The molecule has 2 aromatic rings. The number of likely N-dealkylation sites (N-methyl/N-ethyl adjacent to an activating group) is 1. The molecule has 1 aromatic heterocycles. The Balaban J connectivity index is 1.74. The first-order valence-corrected chi connectivity index (χ1v) is 11.4. The highest BCUT2D eigenvalue weighted by molar-refractivity contribution is 7.89. The third kappa shape index (κ3) is 4.66. The summed E-state index contributed by atoms with van der Waals surface area (Å²) >= 11 is 0. The van der Waals surface area contributed by atoms with E-state index in [1.54, 1.807) is 23.2 Å². The van der Waals surface area contributed by atoms with Crippen molar-refractivity contribution in [3.63, 3.8) is 0 Å². The van der Waals surface area contributed by atoms with Gasteiger partial charge in [-0.3, -0.25) is 14.7 Å². The molecule has 1 unspecified atom stereocenters. The Morgan fingerprint density at radius 1 is 1.03 bits per heavy atom. The normalized spacial score (nSPS) is 16.7. The van der Waals surface area contributed by atoms with E-state index in [0.29, 0.717) is 13.1 Å². The van der Waals surface area contributed by atoms with Gasteiger partial charge in [-0.05, 0) is 30.8 Å². The second-order valence-electron chi connectivity index (χ2n) is 6.95. The molecule has 2 heterocycles. The molecule has 8 heteroatoms. The summed E-state index contributed by atoms with van der Waals surface area (Å²) in [4.78, 5) is 21.4. The van der Waals surface area contributed by atoms with Crippen LogP contribution in [0.1, 0.15) is 25.5 Å². The summed E-state index contributed by atoms with van der Waals surface area (Å²) in [5, 5.41) is 0. The van der Waals surface area contributed by atoms with Gasteiger partial charge in [0.25, 0.3) is 0 Å². The van der Waals surface area contributed by atoms with Crippen LogP contribution in [0.25, 0.3) is 0 Å². The molecule has 3 rings (SSSR count). The maximum absolute atomic E-state index is 13.4. The largest absolute Gasteiger partial charge is 0.338 e. The van der Waals surface area contributed by atoms with Crippen molar-refractivity contribution in [2.24, 2.45) is 0 Å². The molecule has 0 aliphatic carbocycles. The minimum atomic E-state index is -3.59. The molecule has 1 atom stereocenters. The van der Waals surface area contributed by atoms with Crippen molar-refractivity contribution >= 4 is 15.9 Å². The summed E-state index contributed by atoms with van der Waals surface area (Å²) in [5.74, 6) is 0.0262. The SMILES string of the molecule is CCN(CC)C(C(=O)N1CCN(S(=O)(=O)c2cccnc2)CC1)c1ccccc1. The Labute approximate surface area is 173 Å². The molecule has 0 saturated carbocycles. The summed E-state index contributed by atoms with van der Waals surface area (Å²) in [5.41, 5.74) is 0.964. The molecule has 0 N–H and O–H groups in total. The zero-order chi connectivity index (χ0) is 20.9. The van der Waals surface area contributed by atoms with E-state index >= 15 is 0 Å². The summed E-state index contributed by atoms with van der Waals surface area (Å²) < 4.78 is 27.0. The van der Waals surface area contributed by atoms with E-state index in [0.717, 1.165) is 18.7 Å². The molecule has 1 aliphatic rings. The Hall–Kier alpha value is -2.29. The molecule has 1 fully saturated rings. The van der Waals surface area contributed by atoms with Crippen molar-refractivity contribution in [1.82, 2.24) is 19.1 Å². The van der Waals surface area contributed by atoms with Crippen LogP contribution in [-0.4, -0.2) is 72.7 Å². The highest BCUT2D eigenvalue weighted by Crippen LogP contribution is 2.25. The molecule has 1 amide bonds. The van der Waals surface area contributed by atoms with E-state index in [4.69, 9.17) is 0 Å². The monoisotopic (exact) mass is 416 g/mol. The van der Waals surface area contributed by atoms with Crippen molar-refractivity contribution in [1.29, 1.82) is 0 Å². The number of pyridine rings is 1. The molecule has 0 bridgehead atoms. The Bertz CT molecular complexity index is 894. The van der Waals surface area contributed by atoms with Gasteiger partial charge in [0.05, 0.1) is 0 Å². The number of benzene rings is 1. The van der Waals surface area contributed by atoms with Gasteiger partial charge in [-0.2, -0.15) is 4.31 Å². The van der Waals surface area contributed by atoms with Gasteiger partial charge in [-0.15, -0.1) is 0 Å². The number of hydrogen-bond acceptors (Lipinski definition) is 5. The number of rotatable bonds is 7. The van der Waals surface area contributed by atoms with E-state index < -0.39 is 10.0 Å². The van der Waals surface area contributed by atoms with Crippen LogP contribution in [0.15, 0.2) is 59.8 Å². The predicted octanol–water partition coefficient (Wildman–Crippen LogP) is 2.00. The molecule has 7 nitrogen and oxygen atoms in total. The number of piperazine rings is 1. The van der Waals surface area contributed by atoms with Crippen molar-refractivity contribution in [2.45, 2.75) is 24.8 Å². The number of carbonyl (C=O) groups is 1. The quantitative estimate of drug-likeness (QED) is 0.690. The Kier molecular flexibility index (Phi) is 7.00. The standard InChI is InChI=1S/C21H28N4O3S/c1-3-23(4-2)20(18-9-6-5-7-10-18)21(26)24-13-15-25(16-14-24)29(27,28)19-11-8-12-22-17-19/h5-12,17,20H,3-4,13-16H2,1-2H3. The fourth-order valence-corrected chi connectivity index (χ4v) is 5.09. The van der Waals surface area contributed by atoms with Gasteiger partial charge in [0, 0.05) is 38.6 Å². The second kappa shape index (κ2) is 9.47. The molecule has 156 valence electrons. The summed E-state index contributed by atoms with van der Waals surface area (Å²) in [6.45, 7) is 6.93. The van der Waals surface area contributed by atoms with Crippen LogP contribution in [0.3, 0.4) is 0 Å². The summed E-state index contributed by atoms with van der Waals surface area (Å²) in [6.07, 6.45) is 2.91. The van der Waals surface area contributed by atoms with E-state index in [9.17, 15) is 13.2 Å². The molecule has 1 aromatic carbocycles. The maximum Gasteiger partial charge on any atom is 0.244 e. The number of sulfonamides is 1. The van der Waals surface area contributed by atoms with E-state index in [-0.39, 0.29) is 29.9 Å². The van der Waals surface area contributed by atoms with Crippen LogP contribution < -0.4 is 0 Å². The van der Waals surface area contributed by atoms with E-state index in [2.05, 4.69) is 9.88 Å². The second-order valence-corrected chi connectivity index (χ2v) is 8.89. The van der Waals surface area contributed by atoms with Gasteiger partial charge in [0.1, 0.15) is 10.9 Å². The fourth-order valence-electron chi connectivity index (χ4n) is 3.70. The lowest BCUT2D eigenvalue weighted by Crippen LogP contribution is -2.53. The van der Waals surface area contributed by atoms with Gasteiger partial charge in [0.2, 0.25) is 15.9 Å². The fraction of sp³-hybridized carbons (Fsp3) is 0.429. The van der Waals surface area contributed by atoms with Crippen molar-refractivity contribution in [2.75, 3.05) is 39.3 Å². The van der Waals surface area contributed by atoms with Crippen LogP contribution >= 0.6 is 0 Å². The zero-order valence-electron chi connectivity index (χ0n) is 16.9. The first-order chi connectivity index (χ1) is 14.0. The van der Waals surface area contributed by atoms with Gasteiger partial charge in [-0.25, -0.2) is 8.42 Å². The minimum Gasteiger partial charge on any atom is -0.338 e. The smallest absolute Gasteiger partial charge is 0.244 e. The average molecular weight is 417 g/mol. The third-order valence-electron chi connectivity index (χ3n) is 5.35. The third-order valence-corrected chi connectivity index (χ3v) is 7.23. The Morgan fingerprint density at radius 3 is 2.24 bits per heavy atom. The zero-order valence-corrected chi connectivity index (χ0v) is 17.8. The van der Waals surface area contributed by atoms with Gasteiger partial charge < -0.3 is 4.90 Å². The van der Waals surface area contributed by atoms with Gasteiger partial charge >= 0.3 is 0 Å². The lowest BCUT2D eigenvalue weighted by Gasteiger charge is -2.38. The van der Waals surface area contributed by atoms with Crippen molar-refractivity contribution < 1.29 is 13.2 Å². The molecule has 1 aliphatic heterocycles. The number of aromatic nitrogens is 1. The van der Waals surface area contributed by atoms with Gasteiger partial charge in [-0.1, -0.05) is 44.2 Å². The molecular formula is C21H28N4O3S.